The summed E-state index contributed by atoms with van der Waals surface area (Å²) in [5.41, 5.74) is 1.05. The quantitative estimate of drug-likeness (QED) is 0.788. The molecule has 0 aromatic carbocycles. The molecule has 0 N–H and O–H groups in total. The molecule has 0 unspecified atom stereocenters. The summed E-state index contributed by atoms with van der Waals surface area (Å²) in [6, 6.07) is 1.79. The molecule has 1 aliphatic heterocycles. The van der Waals surface area contributed by atoms with Crippen LogP contribution in [-0.4, -0.2) is 35.4 Å². The van der Waals surface area contributed by atoms with Crippen molar-refractivity contribution in [2.45, 2.75) is 32.1 Å². The highest BCUT2D eigenvalue weighted by Crippen LogP contribution is 2.33. The molecule has 2 aromatic rings. The average Bonchev–Trinajstić information content (AvgIpc) is 2.76. The van der Waals surface area contributed by atoms with E-state index < -0.39 is 12.3 Å². The molecular formula is C15H16ClF2N3. The van der Waals surface area contributed by atoms with E-state index in [0.717, 1.165) is 16.3 Å². The number of fused-ring (bicyclic) bond motifs is 1. The second-order valence-corrected chi connectivity index (χ2v) is 6.07. The Bertz CT molecular complexity index is 667. The van der Waals surface area contributed by atoms with Gasteiger partial charge in [-0.3, -0.25) is 0 Å². The molecule has 0 aliphatic carbocycles. The standard InChI is InChI=1S/C15H16ClF2N3/c1-8(2)10-4-20-15(21-6-12(17)13(18)7-21)11-5-19-14(16)3-9(10)11/h3-5,8,12-13H,6-7H2,1-2H3/t12-,13-/m1/s1. The van der Waals surface area contributed by atoms with Crippen LogP contribution >= 0.6 is 11.6 Å². The van der Waals surface area contributed by atoms with E-state index in [-0.39, 0.29) is 19.0 Å². The Morgan fingerprint density at radius 1 is 1.14 bits per heavy atom. The molecule has 0 amide bonds. The van der Waals surface area contributed by atoms with Gasteiger partial charge in [0.05, 0.1) is 13.1 Å². The van der Waals surface area contributed by atoms with Gasteiger partial charge in [-0.2, -0.15) is 0 Å². The minimum Gasteiger partial charge on any atom is -0.350 e. The number of aromatic nitrogens is 2. The summed E-state index contributed by atoms with van der Waals surface area (Å²) in [7, 11) is 0. The largest absolute Gasteiger partial charge is 0.350 e. The third kappa shape index (κ3) is 2.55. The van der Waals surface area contributed by atoms with Crippen LogP contribution in [0.25, 0.3) is 10.8 Å². The number of nitrogens with zero attached hydrogens (tertiary/aromatic N) is 3. The summed E-state index contributed by atoms with van der Waals surface area (Å²) in [5.74, 6) is 0.843. The number of rotatable bonds is 2. The van der Waals surface area contributed by atoms with Crippen LogP contribution in [0, 0.1) is 0 Å². The van der Waals surface area contributed by atoms with E-state index in [1.54, 1.807) is 23.4 Å². The smallest absolute Gasteiger partial charge is 0.150 e. The van der Waals surface area contributed by atoms with Gasteiger partial charge in [0.1, 0.15) is 11.0 Å². The van der Waals surface area contributed by atoms with Crippen molar-refractivity contribution in [2.24, 2.45) is 0 Å². The minimum atomic E-state index is -1.47. The molecule has 2 atom stereocenters. The van der Waals surface area contributed by atoms with E-state index >= 15 is 0 Å². The molecule has 0 spiro atoms. The molecule has 0 radical (unpaired) electrons. The van der Waals surface area contributed by atoms with Crippen molar-refractivity contribution in [1.82, 2.24) is 9.97 Å². The third-order valence-corrected chi connectivity index (χ3v) is 4.06. The average molecular weight is 312 g/mol. The summed E-state index contributed by atoms with van der Waals surface area (Å²) in [6.07, 6.45) is 0.459. The fourth-order valence-corrected chi connectivity index (χ4v) is 2.88. The van der Waals surface area contributed by atoms with Gasteiger partial charge in [0.15, 0.2) is 12.3 Å². The van der Waals surface area contributed by atoms with Gasteiger partial charge < -0.3 is 4.90 Å². The van der Waals surface area contributed by atoms with Crippen LogP contribution in [0.3, 0.4) is 0 Å². The van der Waals surface area contributed by atoms with E-state index in [2.05, 4.69) is 23.8 Å². The Kier molecular flexibility index (Phi) is 3.69. The zero-order valence-electron chi connectivity index (χ0n) is 11.9. The molecule has 3 rings (SSSR count). The molecule has 3 nitrogen and oxygen atoms in total. The van der Waals surface area contributed by atoms with Crippen LogP contribution in [0.15, 0.2) is 18.5 Å². The fourth-order valence-electron chi connectivity index (χ4n) is 2.73. The van der Waals surface area contributed by atoms with Crippen molar-refractivity contribution in [1.29, 1.82) is 0 Å². The molecule has 1 saturated heterocycles. The van der Waals surface area contributed by atoms with Crippen molar-refractivity contribution in [2.75, 3.05) is 18.0 Å². The first kappa shape index (κ1) is 14.4. The summed E-state index contributed by atoms with van der Waals surface area (Å²) >= 11 is 5.99. The summed E-state index contributed by atoms with van der Waals surface area (Å²) in [6.45, 7) is 4.17. The number of alkyl halides is 2. The fraction of sp³-hybridized carbons (Fsp3) is 0.467. The van der Waals surface area contributed by atoms with Gasteiger partial charge in [-0.1, -0.05) is 25.4 Å². The van der Waals surface area contributed by atoms with Gasteiger partial charge in [0.25, 0.3) is 0 Å². The highest BCUT2D eigenvalue weighted by molar-refractivity contribution is 6.30. The predicted molar refractivity (Wildman–Crippen MR) is 80.6 cm³/mol. The lowest BCUT2D eigenvalue weighted by molar-refractivity contribution is 0.217. The van der Waals surface area contributed by atoms with Gasteiger partial charge >= 0.3 is 0 Å². The van der Waals surface area contributed by atoms with Crippen LogP contribution in [0.4, 0.5) is 14.6 Å². The molecule has 2 aromatic heterocycles. The molecule has 21 heavy (non-hydrogen) atoms. The monoisotopic (exact) mass is 311 g/mol. The molecule has 3 heterocycles. The van der Waals surface area contributed by atoms with Crippen molar-refractivity contribution >= 4 is 28.2 Å². The van der Waals surface area contributed by atoms with Crippen molar-refractivity contribution in [3.63, 3.8) is 0 Å². The molecule has 0 saturated carbocycles. The van der Waals surface area contributed by atoms with Gasteiger partial charge in [-0.15, -0.1) is 0 Å². The first-order valence-electron chi connectivity index (χ1n) is 6.94. The van der Waals surface area contributed by atoms with Gasteiger partial charge in [-0.25, -0.2) is 18.7 Å². The predicted octanol–water partition coefficient (Wildman–Crippen LogP) is 3.90. The van der Waals surface area contributed by atoms with Crippen LogP contribution < -0.4 is 4.90 Å². The number of halogens is 3. The van der Waals surface area contributed by atoms with Crippen molar-refractivity contribution in [3.05, 3.63) is 29.2 Å². The van der Waals surface area contributed by atoms with Crippen LogP contribution in [0.5, 0.6) is 0 Å². The Labute approximate surface area is 126 Å². The van der Waals surface area contributed by atoms with Crippen LogP contribution in [0.1, 0.15) is 25.3 Å². The van der Waals surface area contributed by atoms with E-state index in [9.17, 15) is 8.78 Å². The topological polar surface area (TPSA) is 29.0 Å². The zero-order valence-corrected chi connectivity index (χ0v) is 12.6. The van der Waals surface area contributed by atoms with E-state index in [0.29, 0.717) is 11.0 Å². The van der Waals surface area contributed by atoms with Gasteiger partial charge in [0, 0.05) is 17.8 Å². The molecular weight excluding hydrogens is 296 g/mol. The van der Waals surface area contributed by atoms with Gasteiger partial charge in [0.2, 0.25) is 0 Å². The summed E-state index contributed by atoms with van der Waals surface area (Å²) < 4.78 is 26.9. The third-order valence-electron chi connectivity index (χ3n) is 3.85. The second-order valence-electron chi connectivity index (χ2n) is 5.68. The molecule has 1 fully saturated rings. The second kappa shape index (κ2) is 5.37. The lowest BCUT2D eigenvalue weighted by atomic mass is 9.99. The zero-order chi connectivity index (χ0) is 15.1. The highest BCUT2D eigenvalue weighted by atomic mass is 35.5. The molecule has 112 valence electrons. The van der Waals surface area contributed by atoms with E-state index in [1.165, 1.54) is 0 Å². The normalized spacial score (nSPS) is 22.5. The lowest BCUT2D eigenvalue weighted by Gasteiger charge is -2.20. The highest BCUT2D eigenvalue weighted by Gasteiger charge is 2.34. The number of hydrogen-bond acceptors (Lipinski definition) is 3. The number of pyridine rings is 2. The maximum Gasteiger partial charge on any atom is 0.150 e. The Morgan fingerprint density at radius 3 is 2.43 bits per heavy atom. The first-order valence-corrected chi connectivity index (χ1v) is 7.32. The molecule has 0 bridgehead atoms. The Morgan fingerprint density at radius 2 is 1.81 bits per heavy atom. The summed E-state index contributed by atoms with van der Waals surface area (Å²) in [5, 5.41) is 2.12. The number of anilines is 1. The Balaban J connectivity index is 2.15. The maximum atomic E-state index is 13.4. The maximum absolute atomic E-state index is 13.4. The Hall–Kier alpha value is -1.49. The van der Waals surface area contributed by atoms with E-state index in [1.807, 2.05) is 0 Å². The molecule has 1 aliphatic rings. The first-order chi connectivity index (χ1) is 9.97. The summed E-state index contributed by atoms with van der Waals surface area (Å²) in [4.78, 5) is 10.1. The minimum absolute atomic E-state index is 0.0208. The molecule has 6 heteroatoms. The van der Waals surface area contributed by atoms with Crippen molar-refractivity contribution in [3.8, 4) is 0 Å². The van der Waals surface area contributed by atoms with Gasteiger partial charge in [-0.05, 0) is 22.9 Å². The SMILES string of the molecule is CC(C)c1cnc(N2C[C@@H](F)[C@H](F)C2)c2cnc(Cl)cc12. The van der Waals surface area contributed by atoms with Crippen molar-refractivity contribution < 1.29 is 8.78 Å². The number of hydrogen-bond donors (Lipinski definition) is 0. The van der Waals surface area contributed by atoms with E-state index in [4.69, 9.17) is 11.6 Å². The lowest BCUT2D eigenvalue weighted by Crippen LogP contribution is -2.22. The van der Waals surface area contributed by atoms with Crippen LogP contribution in [-0.2, 0) is 0 Å². The van der Waals surface area contributed by atoms with Crippen LogP contribution in [0.2, 0.25) is 5.15 Å².